The van der Waals surface area contributed by atoms with Crippen molar-refractivity contribution in [2.75, 3.05) is 5.32 Å². The van der Waals surface area contributed by atoms with E-state index in [0.29, 0.717) is 15.7 Å². The molecule has 114 valence electrons. The Morgan fingerprint density at radius 2 is 2.00 bits per heavy atom. The molecule has 1 aromatic heterocycles. The number of aryl methyl sites for hydroxylation is 1. The van der Waals surface area contributed by atoms with Gasteiger partial charge in [0.1, 0.15) is 0 Å². The first-order valence-electron chi connectivity index (χ1n) is 7.12. The summed E-state index contributed by atoms with van der Waals surface area (Å²) in [5.41, 5.74) is 2.63. The Hall–Kier alpha value is -2.21. The van der Waals surface area contributed by atoms with Crippen LogP contribution in [0.4, 0.5) is 5.13 Å². The summed E-state index contributed by atoms with van der Waals surface area (Å²) in [6.45, 7) is 1.99. The molecule has 0 bridgehead atoms. The van der Waals surface area contributed by atoms with Gasteiger partial charge >= 0.3 is 5.97 Å². The molecule has 0 spiro atoms. The number of carboxylic acid groups (broad SMARTS) is 1. The SMILES string of the molecule is Cc1ccc(-c2nc(NC(=O)C3CC3)sc2CC(=O)O)cc1. The van der Waals surface area contributed by atoms with Gasteiger partial charge in [-0.25, -0.2) is 4.98 Å². The maximum Gasteiger partial charge on any atom is 0.308 e. The number of aliphatic carboxylic acids is 1. The van der Waals surface area contributed by atoms with E-state index in [1.807, 2.05) is 31.2 Å². The molecule has 1 heterocycles. The van der Waals surface area contributed by atoms with Gasteiger partial charge in [-0.3, -0.25) is 9.59 Å². The van der Waals surface area contributed by atoms with Crippen LogP contribution in [0, 0.1) is 12.8 Å². The molecular weight excluding hydrogens is 300 g/mol. The number of carbonyl (C=O) groups is 2. The molecule has 1 saturated carbocycles. The van der Waals surface area contributed by atoms with Crippen LogP contribution in [0.15, 0.2) is 24.3 Å². The van der Waals surface area contributed by atoms with E-state index < -0.39 is 5.97 Å². The first-order valence-corrected chi connectivity index (χ1v) is 7.94. The molecule has 0 unspecified atom stereocenters. The van der Waals surface area contributed by atoms with E-state index in [4.69, 9.17) is 5.11 Å². The predicted molar refractivity (Wildman–Crippen MR) is 85.0 cm³/mol. The monoisotopic (exact) mass is 316 g/mol. The number of hydrogen-bond acceptors (Lipinski definition) is 4. The Labute approximate surface area is 132 Å². The molecule has 2 aromatic rings. The number of nitrogens with one attached hydrogen (secondary N) is 1. The molecule has 0 aliphatic heterocycles. The number of amides is 1. The lowest BCUT2D eigenvalue weighted by molar-refractivity contribution is -0.136. The van der Waals surface area contributed by atoms with Crippen molar-refractivity contribution in [3.05, 3.63) is 34.7 Å². The van der Waals surface area contributed by atoms with Crippen molar-refractivity contribution in [2.45, 2.75) is 26.2 Å². The van der Waals surface area contributed by atoms with Crippen molar-refractivity contribution in [1.29, 1.82) is 0 Å². The van der Waals surface area contributed by atoms with Gasteiger partial charge in [-0.05, 0) is 19.8 Å². The van der Waals surface area contributed by atoms with Gasteiger partial charge in [0.15, 0.2) is 5.13 Å². The number of carboxylic acids is 1. The van der Waals surface area contributed by atoms with E-state index in [1.165, 1.54) is 11.3 Å². The van der Waals surface area contributed by atoms with Crippen LogP contribution in [-0.4, -0.2) is 22.0 Å². The minimum atomic E-state index is -0.905. The highest BCUT2D eigenvalue weighted by molar-refractivity contribution is 7.16. The molecule has 6 heteroatoms. The molecule has 1 fully saturated rings. The minimum absolute atomic E-state index is 0.0221. The van der Waals surface area contributed by atoms with E-state index >= 15 is 0 Å². The third-order valence-electron chi connectivity index (χ3n) is 3.51. The number of benzene rings is 1. The summed E-state index contributed by atoms with van der Waals surface area (Å²) in [4.78, 5) is 28.0. The summed E-state index contributed by atoms with van der Waals surface area (Å²) in [6, 6.07) is 7.76. The summed E-state index contributed by atoms with van der Waals surface area (Å²) in [6.07, 6.45) is 1.74. The second-order valence-corrected chi connectivity index (χ2v) is 6.57. The Morgan fingerprint density at radius 1 is 1.32 bits per heavy atom. The number of nitrogens with zero attached hydrogens (tertiary/aromatic N) is 1. The molecule has 1 aliphatic carbocycles. The van der Waals surface area contributed by atoms with Crippen LogP contribution >= 0.6 is 11.3 Å². The van der Waals surface area contributed by atoms with Crippen LogP contribution in [0.1, 0.15) is 23.3 Å². The Balaban J connectivity index is 1.91. The van der Waals surface area contributed by atoms with Crippen molar-refractivity contribution in [2.24, 2.45) is 5.92 Å². The van der Waals surface area contributed by atoms with Crippen molar-refractivity contribution in [1.82, 2.24) is 4.98 Å². The van der Waals surface area contributed by atoms with Crippen LogP contribution in [0.3, 0.4) is 0 Å². The third kappa shape index (κ3) is 3.33. The average Bonchev–Trinajstić information content (AvgIpc) is 3.24. The van der Waals surface area contributed by atoms with Crippen LogP contribution < -0.4 is 5.32 Å². The molecule has 5 nitrogen and oxygen atoms in total. The molecule has 1 aromatic carbocycles. The van der Waals surface area contributed by atoms with Crippen LogP contribution in [0.25, 0.3) is 11.3 Å². The third-order valence-corrected chi connectivity index (χ3v) is 4.48. The lowest BCUT2D eigenvalue weighted by Crippen LogP contribution is -2.12. The predicted octanol–water partition coefficient (Wildman–Crippen LogP) is 3.09. The lowest BCUT2D eigenvalue weighted by atomic mass is 10.1. The van der Waals surface area contributed by atoms with Gasteiger partial charge in [0.05, 0.1) is 12.1 Å². The smallest absolute Gasteiger partial charge is 0.308 e. The van der Waals surface area contributed by atoms with E-state index in [2.05, 4.69) is 10.3 Å². The van der Waals surface area contributed by atoms with Gasteiger partial charge in [-0.1, -0.05) is 29.8 Å². The molecule has 0 saturated heterocycles. The maximum atomic E-state index is 11.8. The zero-order chi connectivity index (χ0) is 15.7. The first kappa shape index (κ1) is 14.7. The van der Waals surface area contributed by atoms with Crippen LogP contribution in [-0.2, 0) is 16.0 Å². The number of anilines is 1. The summed E-state index contributed by atoms with van der Waals surface area (Å²) >= 11 is 1.24. The number of rotatable bonds is 5. The van der Waals surface area contributed by atoms with E-state index in [9.17, 15) is 9.59 Å². The van der Waals surface area contributed by atoms with Crippen molar-refractivity contribution in [3.63, 3.8) is 0 Å². The number of thiazole rings is 1. The van der Waals surface area contributed by atoms with Crippen LogP contribution in [0.2, 0.25) is 0 Å². The van der Waals surface area contributed by atoms with E-state index in [-0.39, 0.29) is 18.2 Å². The molecular formula is C16H16N2O3S. The zero-order valence-electron chi connectivity index (χ0n) is 12.1. The zero-order valence-corrected chi connectivity index (χ0v) is 12.9. The fourth-order valence-corrected chi connectivity index (χ4v) is 3.13. The number of carbonyl (C=O) groups excluding carboxylic acids is 1. The molecule has 0 radical (unpaired) electrons. The first-order chi connectivity index (χ1) is 10.5. The highest BCUT2D eigenvalue weighted by atomic mass is 32.1. The van der Waals surface area contributed by atoms with Crippen molar-refractivity contribution in [3.8, 4) is 11.3 Å². The highest BCUT2D eigenvalue weighted by Gasteiger charge is 2.30. The largest absolute Gasteiger partial charge is 0.481 e. The van der Waals surface area contributed by atoms with Crippen molar-refractivity contribution >= 4 is 28.3 Å². The summed E-state index contributed by atoms with van der Waals surface area (Å²) in [5, 5.41) is 12.3. The fourth-order valence-electron chi connectivity index (χ4n) is 2.15. The van der Waals surface area contributed by atoms with Crippen LogP contribution in [0.5, 0.6) is 0 Å². The van der Waals surface area contributed by atoms with Gasteiger partial charge in [0.25, 0.3) is 0 Å². The molecule has 1 aliphatic rings. The van der Waals surface area contributed by atoms with E-state index in [1.54, 1.807) is 0 Å². The summed E-state index contributed by atoms with van der Waals surface area (Å²) in [5.74, 6) is -0.835. The fraction of sp³-hybridized carbons (Fsp3) is 0.312. The molecule has 1 amide bonds. The van der Waals surface area contributed by atoms with Gasteiger partial charge in [0, 0.05) is 16.4 Å². The second-order valence-electron chi connectivity index (χ2n) is 5.49. The van der Waals surface area contributed by atoms with E-state index in [0.717, 1.165) is 24.0 Å². The lowest BCUT2D eigenvalue weighted by Gasteiger charge is -2.01. The molecule has 22 heavy (non-hydrogen) atoms. The topological polar surface area (TPSA) is 79.3 Å². The van der Waals surface area contributed by atoms with Gasteiger partial charge in [-0.2, -0.15) is 0 Å². The quantitative estimate of drug-likeness (QED) is 0.888. The van der Waals surface area contributed by atoms with Gasteiger partial charge in [0.2, 0.25) is 5.91 Å². The standard InChI is InChI=1S/C16H16N2O3S/c1-9-2-4-10(5-3-9)14-12(8-13(19)20)22-16(17-14)18-15(21)11-6-7-11/h2-5,11H,6-8H2,1H3,(H,19,20)(H,17,18,21). The number of hydrogen-bond donors (Lipinski definition) is 2. The Bertz CT molecular complexity index is 717. The summed E-state index contributed by atoms with van der Waals surface area (Å²) in [7, 11) is 0. The second kappa shape index (κ2) is 5.88. The van der Waals surface area contributed by atoms with Gasteiger partial charge < -0.3 is 10.4 Å². The highest BCUT2D eigenvalue weighted by Crippen LogP contribution is 2.34. The maximum absolute atomic E-state index is 11.8. The Morgan fingerprint density at radius 3 is 2.59 bits per heavy atom. The average molecular weight is 316 g/mol. The Kier molecular flexibility index (Phi) is 3.94. The molecule has 3 rings (SSSR count). The van der Waals surface area contributed by atoms with Gasteiger partial charge in [-0.15, -0.1) is 11.3 Å². The van der Waals surface area contributed by atoms with Crippen molar-refractivity contribution < 1.29 is 14.7 Å². The minimum Gasteiger partial charge on any atom is -0.481 e. The molecule has 2 N–H and O–H groups in total. The summed E-state index contributed by atoms with van der Waals surface area (Å²) < 4.78 is 0. The molecule has 0 atom stereocenters. The number of aromatic nitrogens is 1. The normalized spacial score (nSPS) is 13.9.